The summed E-state index contributed by atoms with van der Waals surface area (Å²) in [6, 6.07) is 13.0. The number of phenols is 2. The molecule has 0 saturated heterocycles. The van der Waals surface area contributed by atoms with Crippen molar-refractivity contribution < 1.29 is 20.1 Å². The summed E-state index contributed by atoms with van der Waals surface area (Å²) in [5, 5.41) is 32.4. The summed E-state index contributed by atoms with van der Waals surface area (Å²) < 4.78 is 0.156. The van der Waals surface area contributed by atoms with Crippen molar-refractivity contribution in [1.29, 1.82) is 0 Å². The molecule has 3 aromatic carbocycles. The van der Waals surface area contributed by atoms with Gasteiger partial charge in [-0.25, -0.2) is 0 Å². The van der Waals surface area contributed by atoms with E-state index in [-0.39, 0.29) is 27.4 Å². The Labute approximate surface area is 156 Å². The van der Waals surface area contributed by atoms with E-state index >= 15 is 0 Å². The van der Waals surface area contributed by atoms with E-state index in [1.165, 1.54) is 12.1 Å². The van der Waals surface area contributed by atoms with Crippen molar-refractivity contribution in [3.63, 3.8) is 0 Å². The van der Waals surface area contributed by atoms with Crippen LogP contribution in [0.5, 0.6) is 17.2 Å². The average Bonchev–Trinajstić information content (AvgIpc) is 2.75. The zero-order valence-electron chi connectivity index (χ0n) is 13.4. The number of hydrogen-bond donors (Lipinski definition) is 4. The predicted octanol–water partition coefficient (Wildman–Crippen LogP) is 3.01. The van der Waals surface area contributed by atoms with Crippen LogP contribution in [0.4, 0.5) is 0 Å². The smallest absolute Gasteiger partial charge is 0.251 e. The molecule has 0 aliphatic rings. The van der Waals surface area contributed by atoms with Crippen molar-refractivity contribution in [3.05, 3.63) is 74.4 Å². The summed E-state index contributed by atoms with van der Waals surface area (Å²) in [7, 11) is 0. The number of carbonyl (C=O) groups is 1. The van der Waals surface area contributed by atoms with Crippen molar-refractivity contribution in [2.24, 2.45) is 0 Å². The molecule has 0 spiro atoms. The molecule has 0 radical (unpaired) electrons. The van der Waals surface area contributed by atoms with E-state index in [0.717, 1.165) is 11.6 Å². The van der Waals surface area contributed by atoms with Crippen LogP contribution in [-0.2, 0) is 6.54 Å². The predicted molar refractivity (Wildman–Crippen MR) is 101 cm³/mol. The number of halogens is 1. The largest absolute Gasteiger partial charge is 0.504 e. The highest BCUT2D eigenvalue weighted by Crippen LogP contribution is 2.39. The van der Waals surface area contributed by atoms with Gasteiger partial charge in [0.25, 0.3) is 5.91 Å². The highest BCUT2D eigenvalue weighted by molar-refractivity contribution is 9.10. The van der Waals surface area contributed by atoms with E-state index in [4.69, 9.17) is 0 Å². The van der Waals surface area contributed by atoms with Crippen LogP contribution in [0.3, 0.4) is 0 Å². The Morgan fingerprint density at radius 2 is 1.69 bits per heavy atom. The van der Waals surface area contributed by atoms with Crippen LogP contribution in [-0.4, -0.2) is 21.2 Å². The highest BCUT2D eigenvalue weighted by atomic mass is 79.9. The van der Waals surface area contributed by atoms with E-state index < -0.39 is 28.6 Å². The fourth-order valence-electron chi connectivity index (χ4n) is 2.56. The molecular weight excluding hydrogens is 402 g/mol. The van der Waals surface area contributed by atoms with Crippen LogP contribution < -0.4 is 10.7 Å². The molecule has 0 aliphatic carbocycles. The third kappa shape index (κ3) is 3.34. The molecule has 3 aromatic rings. The Kier molecular flexibility index (Phi) is 4.81. The summed E-state index contributed by atoms with van der Waals surface area (Å²) >= 11 is 3.07. The molecule has 6 nitrogen and oxygen atoms in total. The first-order valence-electron chi connectivity index (χ1n) is 7.62. The lowest BCUT2D eigenvalue weighted by molar-refractivity contribution is 0.0950. The Balaban J connectivity index is 2.07. The van der Waals surface area contributed by atoms with Crippen molar-refractivity contribution in [3.8, 4) is 17.2 Å². The lowest BCUT2D eigenvalue weighted by atomic mass is 10.1. The van der Waals surface area contributed by atoms with Gasteiger partial charge in [0, 0.05) is 12.1 Å². The van der Waals surface area contributed by atoms with E-state index in [1.807, 2.05) is 30.3 Å². The fraction of sp³-hybridized carbons (Fsp3) is 0.0526. The number of aromatic hydroxyl groups is 3. The zero-order chi connectivity index (χ0) is 18.8. The van der Waals surface area contributed by atoms with Gasteiger partial charge in [-0.15, -0.1) is 0 Å². The minimum atomic E-state index is -0.887. The van der Waals surface area contributed by atoms with Gasteiger partial charge in [0.2, 0.25) is 5.43 Å². The summed E-state index contributed by atoms with van der Waals surface area (Å²) in [5.74, 6) is -2.39. The maximum absolute atomic E-state index is 12.5. The van der Waals surface area contributed by atoms with Crippen LogP contribution in [0.15, 0.2) is 57.8 Å². The van der Waals surface area contributed by atoms with Crippen molar-refractivity contribution in [2.75, 3.05) is 0 Å². The summed E-state index contributed by atoms with van der Waals surface area (Å²) in [5.41, 5.74) is 0.0509. The number of fused-ring (bicyclic) bond motifs is 1. The molecule has 3 rings (SSSR count). The van der Waals surface area contributed by atoms with E-state index in [9.17, 15) is 24.9 Å². The molecule has 0 saturated carbocycles. The molecule has 26 heavy (non-hydrogen) atoms. The van der Waals surface area contributed by atoms with Gasteiger partial charge in [-0.2, -0.15) is 0 Å². The van der Waals surface area contributed by atoms with E-state index in [0.29, 0.717) is 0 Å². The summed E-state index contributed by atoms with van der Waals surface area (Å²) in [4.78, 5) is 24.8. The molecule has 132 valence electrons. The van der Waals surface area contributed by atoms with Crippen molar-refractivity contribution in [2.45, 2.75) is 6.54 Å². The van der Waals surface area contributed by atoms with Gasteiger partial charge >= 0.3 is 0 Å². The maximum Gasteiger partial charge on any atom is 0.251 e. The molecule has 0 fully saturated rings. The molecule has 1 amide bonds. The second kappa shape index (κ2) is 7.05. The third-order valence-electron chi connectivity index (χ3n) is 3.88. The first-order chi connectivity index (χ1) is 12.4. The van der Waals surface area contributed by atoms with Gasteiger partial charge in [0.1, 0.15) is 0 Å². The molecule has 0 atom stereocenters. The SMILES string of the molecule is O=C(NCc1ccccc1)c1cc(O)c(=O)c2c(O)c(O)c(Br)cc2c1. The van der Waals surface area contributed by atoms with Crippen LogP contribution >= 0.6 is 15.9 Å². The number of carbonyl (C=O) groups excluding carboxylic acids is 1. The quantitative estimate of drug-likeness (QED) is 0.491. The summed E-state index contributed by atoms with van der Waals surface area (Å²) in [6.45, 7) is 0.275. The second-order valence-corrected chi connectivity index (χ2v) is 6.50. The van der Waals surface area contributed by atoms with Gasteiger partial charge in [0.15, 0.2) is 17.2 Å². The standard InChI is InChI=1S/C19H14BrNO5/c20-13-7-11-6-12(19(26)21-9-10-4-2-1-3-5-10)8-14(22)17(24)15(11)18(25)16(13)23/h1-8,23,25H,9H2,(H,21,26)(H,22,24). The minimum Gasteiger partial charge on any atom is -0.504 e. The topological polar surface area (TPSA) is 107 Å². The molecule has 0 bridgehead atoms. The van der Waals surface area contributed by atoms with Crippen molar-refractivity contribution in [1.82, 2.24) is 5.32 Å². The van der Waals surface area contributed by atoms with Gasteiger partial charge in [-0.1, -0.05) is 30.3 Å². The molecule has 0 aliphatic heterocycles. The van der Waals surface area contributed by atoms with Crippen LogP contribution in [0, 0.1) is 0 Å². The second-order valence-electron chi connectivity index (χ2n) is 5.65. The Hall–Kier alpha value is -3.06. The van der Waals surface area contributed by atoms with Gasteiger partial charge in [-0.05, 0) is 45.1 Å². The minimum absolute atomic E-state index is 0.0440. The van der Waals surface area contributed by atoms with Crippen molar-refractivity contribution >= 4 is 32.6 Å². The lowest BCUT2D eigenvalue weighted by Gasteiger charge is -2.05. The van der Waals surface area contributed by atoms with E-state index in [1.54, 1.807) is 0 Å². The number of rotatable bonds is 3. The monoisotopic (exact) mass is 415 g/mol. The van der Waals surface area contributed by atoms with Crippen LogP contribution in [0.2, 0.25) is 0 Å². The van der Waals surface area contributed by atoms with Gasteiger partial charge in [-0.3, -0.25) is 9.59 Å². The fourth-order valence-corrected chi connectivity index (χ4v) is 2.99. The molecule has 0 unspecified atom stereocenters. The number of benzene rings is 2. The Bertz CT molecular complexity index is 1070. The lowest BCUT2D eigenvalue weighted by Crippen LogP contribution is -2.22. The van der Waals surface area contributed by atoms with Gasteiger partial charge < -0.3 is 20.6 Å². The molecule has 0 heterocycles. The molecule has 0 aromatic heterocycles. The van der Waals surface area contributed by atoms with Crippen LogP contribution in [0.1, 0.15) is 15.9 Å². The van der Waals surface area contributed by atoms with Crippen LogP contribution in [0.25, 0.3) is 10.8 Å². The molecular formula is C19H14BrNO5. The summed E-state index contributed by atoms with van der Waals surface area (Å²) in [6.07, 6.45) is 0. The number of amides is 1. The third-order valence-corrected chi connectivity index (χ3v) is 4.48. The Morgan fingerprint density at radius 3 is 2.38 bits per heavy atom. The highest BCUT2D eigenvalue weighted by Gasteiger charge is 2.17. The average molecular weight is 416 g/mol. The van der Waals surface area contributed by atoms with Gasteiger partial charge in [0.05, 0.1) is 9.86 Å². The number of hydrogen-bond acceptors (Lipinski definition) is 5. The number of nitrogens with one attached hydrogen (secondary N) is 1. The molecule has 7 heteroatoms. The first kappa shape index (κ1) is 17.8. The first-order valence-corrected chi connectivity index (χ1v) is 8.41. The maximum atomic E-state index is 12.5. The normalized spacial score (nSPS) is 10.7. The molecule has 4 N–H and O–H groups in total. The Morgan fingerprint density at radius 1 is 1.00 bits per heavy atom. The number of phenolic OH excluding ortho intramolecular Hbond substituents is 2. The van der Waals surface area contributed by atoms with E-state index in [2.05, 4.69) is 21.2 Å². The zero-order valence-corrected chi connectivity index (χ0v) is 14.9.